The molecule has 0 aliphatic rings. The third kappa shape index (κ3) is 7.66. The van der Waals surface area contributed by atoms with Crippen LogP contribution in [0.2, 0.25) is 0 Å². The Labute approximate surface area is 223 Å². The normalized spacial score (nSPS) is 11.9. The molecule has 0 radical (unpaired) electrons. The number of hydrogen-bond acceptors (Lipinski definition) is 5. The molecule has 0 aromatic carbocycles. The Morgan fingerprint density at radius 1 is 0.657 bits per heavy atom. The van der Waals surface area contributed by atoms with Gasteiger partial charge in [-0.3, -0.25) is 15.1 Å². The zero-order chi connectivity index (χ0) is 25.1. The molecule has 0 atom stereocenters. The van der Waals surface area contributed by atoms with Crippen LogP contribution in [0.4, 0.5) is 0 Å². The Hall–Kier alpha value is -2.66. The molecule has 4 aromatic heterocycles. The van der Waals surface area contributed by atoms with Crippen LogP contribution in [0.5, 0.6) is 0 Å². The minimum Gasteiger partial charge on any atom is -0.573 e. The fraction of sp³-hybridized carbons (Fsp3) is 0.444. The molecule has 0 aliphatic heterocycles. The molecule has 0 unspecified atom stereocenters. The SMILES string of the molecule is CC(C)(C)c1cc(-c2cccc(-c3nc(C(C)(C)C)n[n-]3)n2)[n-]n1.CC(C)(C)c1ccncc1.[Pt+2]. The van der Waals surface area contributed by atoms with Crippen molar-refractivity contribution in [2.75, 3.05) is 0 Å². The van der Waals surface area contributed by atoms with E-state index in [2.05, 4.69) is 110 Å². The summed E-state index contributed by atoms with van der Waals surface area (Å²) in [6, 6.07) is 11.8. The van der Waals surface area contributed by atoms with Crippen molar-refractivity contribution in [2.45, 2.75) is 78.6 Å². The van der Waals surface area contributed by atoms with Gasteiger partial charge in [-0.2, -0.15) is 0 Å². The van der Waals surface area contributed by atoms with E-state index in [4.69, 9.17) is 0 Å². The summed E-state index contributed by atoms with van der Waals surface area (Å²) in [4.78, 5) is 13.1. The quantitative estimate of drug-likeness (QED) is 0.283. The van der Waals surface area contributed by atoms with E-state index in [9.17, 15) is 0 Å². The number of pyridine rings is 2. The third-order valence-electron chi connectivity index (χ3n) is 5.22. The van der Waals surface area contributed by atoms with Crippen LogP contribution in [0.25, 0.3) is 22.9 Å². The molecule has 4 rings (SSSR count). The minimum absolute atomic E-state index is 0. The molecule has 4 aromatic rings. The molecule has 0 saturated heterocycles. The smallest absolute Gasteiger partial charge is 0.573 e. The van der Waals surface area contributed by atoms with Gasteiger partial charge in [0.15, 0.2) is 0 Å². The van der Waals surface area contributed by atoms with Gasteiger partial charge in [0.05, 0.1) is 11.4 Å². The first-order chi connectivity index (χ1) is 15.7. The summed E-state index contributed by atoms with van der Waals surface area (Å²) >= 11 is 0. The maximum atomic E-state index is 4.64. The topological polar surface area (TPSA) is 92.7 Å². The Morgan fingerprint density at radius 2 is 1.29 bits per heavy atom. The fourth-order valence-electron chi connectivity index (χ4n) is 3.01. The first-order valence-electron chi connectivity index (χ1n) is 11.5. The Bertz CT molecular complexity index is 1140. The molecule has 0 amide bonds. The second kappa shape index (κ2) is 10.9. The maximum Gasteiger partial charge on any atom is 2.00 e. The van der Waals surface area contributed by atoms with Gasteiger partial charge in [-0.25, -0.2) is 0 Å². The zero-order valence-electron chi connectivity index (χ0n) is 22.1. The Kier molecular flexibility index (Phi) is 8.93. The molecule has 8 heteroatoms. The van der Waals surface area contributed by atoms with Gasteiger partial charge in [-0.1, -0.05) is 80.1 Å². The summed E-state index contributed by atoms with van der Waals surface area (Å²) in [6.45, 7) is 19.1. The van der Waals surface area contributed by atoms with Crippen LogP contribution in [-0.2, 0) is 37.3 Å². The van der Waals surface area contributed by atoms with Crippen molar-refractivity contribution < 1.29 is 21.1 Å². The molecular weight excluding hydrogens is 617 g/mol. The van der Waals surface area contributed by atoms with E-state index in [1.807, 2.05) is 36.7 Å². The van der Waals surface area contributed by atoms with Crippen molar-refractivity contribution in [2.24, 2.45) is 0 Å². The van der Waals surface area contributed by atoms with E-state index in [1.54, 1.807) is 0 Å². The van der Waals surface area contributed by atoms with Gasteiger partial charge >= 0.3 is 21.1 Å². The molecule has 7 nitrogen and oxygen atoms in total. The van der Waals surface area contributed by atoms with E-state index < -0.39 is 0 Å². The second-order valence-corrected chi connectivity index (χ2v) is 11.5. The monoisotopic (exact) mass is 652 g/mol. The van der Waals surface area contributed by atoms with Crippen molar-refractivity contribution >= 4 is 0 Å². The van der Waals surface area contributed by atoms with Gasteiger partial charge in [0, 0.05) is 34.7 Å². The van der Waals surface area contributed by atoms with Crippen LogP contribution >= 0.6 is 0 Å². The molecule has 0 bridgehead atoms. The van der Waals surface area contributed by atoms with E-state index in [1.165, 1.54) is 5.56 Å². The number of rotatable bonds is 2. The van der Waals surface area contributed by atoms with E-state index in [0.717, 1.165) is 17.1 Å². The third-order valence-corrected chi connectivity index (χ3v) is 5.22. The second-order valence-electron chi connectivity index (χ2n) is 11.5. The predicted octanol–water partition coefficient (Wildman–Crippen LogP) is 5.49. The summed E-state index contributed by atoms with van der Waals surface area (Å²) in [5, 5.41) is 16.9. The van der Waals surface area contributed by atoms with Gasteiger partial charge in [-0.05, 0) is 41.1 Å². The first-order valence-corrected chi connectivity index (χ1v) is 11.5. The van der Waals surface area contributed by atoms with Gasteiger partial charge in [0.1, 0.15) is 0 Å². The van der Waals surface area contributed by atoms with Crippen LogP contribution in [0, 0.1) is 0 Å². The van der Waals surface area contributed by atoms with Crippen LogP contribution in [0.1, 0.15) is 79.4 Å². The summed E-state index contributed by atoms with van der Waals surface area (Å²) in [6.07, 6.45) is 3.67. The van der Waals surface area contributed by atoms with Crippen molar-refractivity contribution in [3.8, 4) is 22.9 Å². The van der Waals surface area contributed by atoms with Crippen molar-refractivity contribution in [1.82, 2.24) is 35.3 Å². The summed E-state index contributed by atoms with van der Waals surface area (Å²) in [5.74, 6) is 1.25. The first kappa shape index (κ1) is 28.6. The summed E-state index contributed by atoms with van der Waals surface area (Å²) < 4.78 is 0. The predicted molar refractivity (Wildman–Crippen MR) is 135 cm³/mol. The molecule has 0 spiro atoms. The molecule has 0 saturated carbocycles. The molecule has 0 N–H and O–H groups in total. The average molecular weight is 653 g/mol. The largest absolute Gasteiger partial charge is 2.00 e. The van der Waals surface area contributed by atoms with Crippen molar-refractivity contribution in [1.29, 1.82) is 0 Å². The molecule has 188 valence electrons. The van der Waals surface area contributed by atoms with Gasteiger partial charge in [0.2, 0.25) is 0 Å². The van der Waals surface area contributed by atoms with Gasteiger partial charge in [-0.15, -0.1) is 0 Å². The summed E-state index contributed by atoms with van der Waals surface area (Å²) in [5.41, 5.74) is 4.58. The van der Waals surface area contributed by atoms with Crippen LogP contribution in [-0.4, -0.2) is 25.1 Å². The van der Waals surface area contributed by atoms with Crippen LogP contribution in [0.15, 0.2) is 48.8 Å². The maximum absolute atomic E-state index is 4.64. The van der Waals surface area contributed by atoms with Crippen LogP contribution < -0.4 is 10.2 Å². The Balaban J connectivity index is 0.000000332. The molecule has 0 aliphatic carbocycles. The zero-order valence-corrected chi connectivity index (χ0v) is 24.3. The molecule has 35 heavy (non-hydrogen) atoms. The number of hydrogen-bond donors (Lipinski definition) is 0. The van der Waals surface area contributed by atoms with Gasteiger partial charge < -0.3 is 20.3 Å². The van der Waals surface area contributed by atoms with Crippen molar-refractivity contribution in [3.63, 3.8) is 0 Å². The molecule has 0 fully saturated rings. The molecule has 4 heterocycles. The standard InChI is InChI=1S/C18H22N6.C9H13N.Pt/c1-17(2,3)14-10-13(21-22-14)11-8-7-9-12(19-11)15-20-16(24-23-15)18(4,5)6;1-9(2,3)8-4-6-10-7-5-8;/h7-10H,1-6H3;4-7H,1-3H3;/q-2;;+2. The van der Waals surface area contributed by atoms with Gasteiger partial charge in [0.25, 0.3) is 0 Å². The van der Waals surface area contributed by atoms with E-state index in [0.29, 0.717) is 17.3 Å². The van der Waals surface area contributed by atoms with Crippen LogP contribution in [0.3, 0.4) is 0 Å². The average Bonchev–Trinajstić information content (AvgIpc) is 3.44. The minimum atomic E-state index is -0.137. The molecular formula is C27H35N7Pt. The summed E-state index contributed by atoms with van der Waals surface area (Å²) in [7, 11) is 0. The Morgan fingerprint density at radius 3 is 1.77 bits per heavy atom. The number of nitrogens with zero attached hydrogens (tertiary/aromatic N) is 7. The number of aromatic nitrogens is 7. The fourth-order valence-corrected chi connectivity index (χ4v) is 3.01. The van der Waals surface area contributed by atoms with E-state index in [-0.39, 0.29) is 37.3 Å². The van der Waals surface area contributed by atoms with E-state index >= 15 is 0 Å². The van der Waals surface area contributed by atoms with Crippen molar-refractivity contribution in [3.05, 3.63) is 65.9 Å².